The molecule has 21 heavy (non-hydrogen) atoms. The van der Waals surface area contributed by atoms with Gasteiger partial charge in [-0.05, 0) is 24.0 Å². The number of carbonyl (C=O) groups is 2. The highest BCUT2D eigenvalue weighted by molar-refractivity contribution is 5.75. The molecular formula is C15H23N3O3. The SMILES string of the molecule is CC(C)(C)CC(CNC(=O)NCc1ccccn1)C(=O)O. The molecule has 0 spiro atoms. The lowest BCUT2D eigenvalue weighted by Crippen LogP contribution is -2.40. The third kappa shape index (κ3) is 7.29. The van der Waals surface area contributed by atoms with Gasteiger partial charge in [0.1, 0.15) is 0 Å². The van der Waals surface area contributed by atoms with Crippen LogP contribution in [0.1, 0.15) is 32.9 Å². The average Bonchev–Trinajstić information content (AvgIpc) is 2.41. The number of carbonyl (C=O) groups excluding carboxylic acids is 1. The van der Waals surface area contributed by atoms with E-state index < -0.39 is 11.9 Å². The van der Waals surface area contributed by atoms with Gasteiger partial charge in [-0.25, -0.2) is 4.79 Å². The van der Waals surface area contributed by atoms with E-state index in [4.69, 9.17) is 0 Å². The predicted molar refractivity (Wildman–Crippen MR) is 79.7 cm³/mol. The van der Waals surface area contributed by atoms with E-state index in [1.807, 2.05) is 26.8 Å². The molecule has 6 nitrogen and oxygen atoms in total. The highest BCUT2D eigenvalue weighted by Gasteiger charge is 2.24. The van der Waals surface area contributed by atoms with E-state index in [-0.39, 0.29) is 18.0 Å². The first kappa shape index (κ1) is 16.9. The molecule has 1 heterocycles. The Labute approximate surface area is 125 Å². The maximum atomic E-state index is 11.7. The summed E-state index contributed by atoms with van der Waals surface area (Å²) in [7, 11) is 0. The average molecular weight is 293 g/mol. The molecule has 1 atom stereocenters. The summed E-state index contributed by atoms with van der Waals surface area (Å²) < 4.78 is 0. The number of rotatable bonds is 6. The number of amides is 2. The summed E-state index contributed by atoms with van der Waals surface area (Å²) >= 11 is 0. The number of aromatic nitrogens is 1. The summed E-state index contributed by atoms with van der Waals surface area (Å²) in [4.78, 5) is 26.9. The van der Waals surface area contributed by atoms with Crippen LogP contribution in [0.4, 0.5) is 4.79 Å². The van der Waals surface area contributed by atoms with Crippen molar-refractivity contribution in [3.05, 3.63) is 30.1 Å². The van der Waals surface area contributed by atoms with Gasteiger partial charge in [0, 0.05) is 12.7 Å². The van der Waals surface area contributed by atoms with Crippen LogP contribution in [0.15, 0.2) is 24.4 Å². The van der Waals surface area contributed by atoms with Gasteiger partial charge in [-0.3, -0.25) is 9.78 Å². The Hall–Kier alpha value is -2.11. The maximum Gasteiger partial charge on any atom is 0.315 e. The number of carboxylic acid groups (broad SMARTS) is 1. The maximum absolute atomic E-state index is 11.7. The minimum atomic E-state index is -0.894. The second-order valence-corrected chi connectivity index (χ2v) is 6.18. The molecule has 1 rings (SSSR count). The quantitative estimate of drug-likeness (QED) is 0.748. The van der Waals surface area contributed by atoms with Gasteiger partial charge in [0.05, 0.1) is 18.2 Å². The first-order valence-electron chi connectivity index (χ1n) is 6.92. The molecule has 3 N–H and O–H groups in total. The molecule has 6 heteroatoms. The van der Waals surface area contributed by atoms with Crippen molar-refractivity contribution >= 4 is 12.0 Å². The minimum Gasteiger partial charge on any atom is -0.481 e. The van der Waals surface area contributed by atoms with E-state index in [0.717, 1.165) is 5.69 Å². The van der Waals surface area contributed by atoms with Gasteiger partial charge >= 0.3 is 12.0 Å². The van der Waals surface area contributed by atoms with Crippen molar-refractivity contribution in [1.82, 2.24) is 15.6 Å². The standard InChI is InChI=1S/C15H23N3O3/c1-15(2,3)8-11(13(19)20)9-17-14(21)18-10-12-6-4-5-7-16-12/h4-7,11H,8-10H2,1-3H3,(H,19,20)(H2,17,18,21). The van der Waals surface area contributed by atoms with Crippen LogP contribution < -0.4 is 10.6 Å². The molecule has 0 radical (unpaired) electrons. The molecule has 0 saturated heterocycles. The Morgan fingerprint density at radius 1 is 1.29 bits per heavy atom. The van der Waals surface area contributed by atoms with Crippen molar-refractivity contribution in [2.24, 2.45) is 11.3 Å². The monoisotopic (exact) mass is 293 g/mol. The van der Waals surface area contributed by atoms with Gasteiger partial charge in [0.25, 0.3) is 0 Å². The number of pyridine rings is 1. The number of carboxylic acids is 1. The highest BCUT2D eigenvalue weighted by Crippen LogP contribution is 2.24. The lowest BCUT2D eigenvalue weighted by molar-refractivity contribution is -0.142. The van der Waals surface area contributed by atoms with Crippen LogP contribution in [0.5, 0.6) is 0 Å². The van der Waals surface area contributed by atoms with E-state index in [1.165, 1.54) is 0 Å². The summed E-state index contributed by atoms with van der Waals surface area (Å²) in [5, 5.41) is 14.4. The summed E-state index contributed by atoms with van der Waals surface area (Å²) in [6.45, 7) is 6.35. The van der Waals surface area contributed by atoms with Crippen LogP contribution >= 0.6 is 0 Å². The van der Waals surface area contributed by atoms with Crippen molar-refractivity contribution in [1.29, 1.82) is 0 Å². The van der Waals surface area contributed by atoms with Crippen LogP contribution in [-0.2, 0) is 11.3 Å². The van der Waals surface area contributed by atoms with Crippen LogP contribution in [0.3, 0.4) is 0 Å². The molecule has 0 aliphatic carbocycles. The fourth-order valence-electron chi connectivity index (χ4n) is 1.94. The van der Waals surface area contributed by atoms with E-state index in [2.05, 4.69) is 15.6 Å². The van der Waals surface area contributed by atoms with Gasteiger partial charge in [0.15, 0.2) is 0 Å². The van der Waals surface area contributed by atoms with Crippen LogP contribution in [-0.4, -0.2) is 28.6 Å². The zero-order valence-corrected chi connectivity index (χ0v) is 12.7. The fourth-order valence-corrected chi connectivity index (χ4v) is 1.94. The second-order valence-electron chi connectivity index (χ2n) is 6.18. The first-order valence-corrected chi connectivity index (χ1v) is 6.92. The summed E-state index contributed by atoms with van der Waals surface area (Å²) in [5.74, 6) is -1.49. The molecule has 0 aliphatic heterocycles. The topological polar surface area (TPSA) is 91.3 Å². The molecule has 1 aromatic rings. The molecule has 1 unspecified atom stereocenters. The number of hydrogen-bond acceptors (Lipinski definition) is 3. The molecule has 0 aromatic carbocycles. The molecular weight excluding hydrogens is 270 g/mol. The summed E-state index contributed by atoms with van der Waals surface area (Å²) in [5.41, 5.74) is 0.645. The normalized spacial score (nSPS) is 12.5. The Morgan fingerprint density at radius 3 is 2.52 bits per heavy atom. The lowest BCUT2D eigenvalue weighted by atomic mass is 9.84. The molecule has 0 saturated carbocycles. The van der Waals surface area contributed by atoms with Crippen molar-refractivity contribution in [2.75, 3.05) is 6.54 Å². The second kappa shape index (κ2) is 7.61. The Morgan fingerprint density at radius 2 is 2.00 bits per heavy atom. The minimum absolute atomic E-state index is 0.102. The van der Waals surface area contributed by atoms with Crippen LogP contribution in [0.25, 0.3) is 0 Å². The van der Waals surface area contributed by atoms with E-state index >= 15 is 0 Å². The van der Waals surface area contributed by atoms with Gasteiger partial charge < -0.3 is 15.7 Å². The van der Waals surface area contributed by atoms with Crippen LogP contribution in [0, 0.1) is 11.3 Å². The zero-order valence-electron chi connectivity index (χ0n) is 12.7. The largest absolute Gasteiger partial charge is 0.481 e. The van der Waals surface area contributed by atoms with Crippen molar-refractivity contribution in [3.63, 3.8) is 0 Å². The van der Waals surface area contributed by atoms with Crippen molar-refractivity contribution in [3.8, 4) is 0 Å². The molecule has 2 amide bonds. The van der Waals surface area contributed by atoms with Gasteiger partial charge in [-0.2, -0.15) is 0 Å². The molecule has 1 aromatic heterocycles. The van der Waals surface area contributed by atoms with E-state index in [1.54, 1.807) is 18.3 Å². The van der Waals surface area contributed by atoms with E-state index in [9.17, 15) is 14.7 Å². The van der Waals surface area contributed by atoms with Crippen molar-refractivity contribution < 1.29 is 14.7 Å². The smallest absolute Gasteiger partial charge is 0.315 e. The Bertz CT molecular complexity index is 469. The molecule has 0 fully saturated rings. The summed E-state index contributed by atoms with van der Waals surface area (Å²) in [6, 6.07) is 5.06. The molecule has 0 bridgehead atoms. The number of urea groups is 1. The molecule has 0 aliphatic rings. The third-order valence-electron chi connectivity index (χ3n) is 2.87. The van der Waals surface area contributed by atoms with Crippen LogP contribution in [0.2, 0.25) is 0 Å². The lowest BCUT2D eigenvalue weighted by Gasteiger charge is -2.23. The Balaban J connectivity index is 2.38. The van der Waals surface area contributed by atoms with Gasteiger partial charge in [-0.1, -0.05) is 26.8 Å². The third-order valence-corrected chi connectivity index (χ3v) is 2.87. The van der Waals surface area contributed by atoms with E-state index in [0.29, 0.717) is 13.0 Å². The zero-order chi connectivity index (χ0) is 15.9. The highest BCUT2D eigenvalue weighted by atomic mass is 16.4. The van der Waals surface area contributed by atoms with Crippen molar-refractivity contribution in [2.45, 2.75) is 33.7 Å². The molecule has 116 valence electrons. The Kier molecular flexibility index (Phi) is 6.14. The number of aliphatic carboxylic acids is 1. The number of nitrogens with zero attached hydrogens (tertiary/aromatic N) is 1. The van der Waals surface area contributed by atoms with Gasteiger partial charge in [-0.15, -0.1) is 0 Å². The van der Waals surface area contributed by atoms with Gasteiger partial charge in [0.2, 0.25) is 0 Å². The summed E-state index contributed by atoms with van der Waals surface area (Å²) in [6.07, 6.45) is 2.15. The first-order chi connectivity index (χ1) is 9.78. The number of hydrogen-bond donors (Lipinski definition) is 3. The predicted octanol–water partition coefficient (Wildman–Crippen LogP) is 2.02. The fraction of sp³-hybridized carbons (Fsp3) is 0.533. The number of nitrogens with one attached hydrogen (secondary N) is 2.